The Hall–Kier alpha value is -1.13. The third-order valence-electron chi connectivity index (χ3n) is 4.59. The van der Waals surface area contributed by atoms with Crippen molar-refractivity contribution in [3.8, 4) is 5.75 Å². The lowest BCUT2D eigenvalue weighted by molar-refractivity contribution is 0.0501. The second kappa shape index (κ2) is 5.58. The quantitative estimate of drug-likeness (QED) is 0.782. The van der Waals surface area contributed by atoms with Gasteiger partial charge in [0.15, 0.2) is 5.78 Å². The Bertz CT molecular complexity index is 543. The molecule has 0 aliphatic heterocycles. The number of carbonyl (C=O) groups is 1. The summed E-state index contributed by atoms with van der Waals surface area (Å²) in [6, 6.07) is 5.90. The standard InChI is InChI=1S/C17H26O3Si/c1-7-19-15-10-12-8-9-13(11-14(12)16(15)18)20-21(5,6)17(2,3)4/h8-9,11,15H,7,10H2,1-6H3. The monoisotopic (exact) mass is 306 g/mol. The third-order valence-corrected chi connectivity index (χ3v) is 8.95. The van der Waals surface area contributed by atoms with Crippen molar-refractivity contribution in [1.82, 2.24) is 0 Å². The molecular weight excluding hydrogens is 280 g/mol. The number of carbonyl (C=O) groups excluding carboxylic acids is 1. The molecule has 21 heavy (non-hydrogen) atoms. The summed E-state index contributed by atoms with van der Waals surface area (Å²) in [6.45, 7) is 13.5. The number of hydrogen-bond acceptors (Lipinski definition) is 3. The molecule has 0 bridgehead atoms. The maximum atomic E-state index is 12.3. The molecule has 116 valence electrons. The Morgan fingerprint density at radius 3 is 2.52 bits per heavy atom. The zero-order chi connectivity index (χ0) is 15.8. The van der Waals surface area contributed by atoms with Crippen LogP contribution in [0.3, 0.4) is 0 Å². The van der Waals surface area contributed by atoms with Gasteiger partial charge >= 0.3 is 0 Å². The van der Waals surface area contributed by atoms with Gasteiger partial charge in [-0.2, -0.15) is 0 Å². The average Bonchev–Trinajstić information content (AvgIpc) is 2.66. The van der Waals surface area contributed by atoms with Gasteiger partial charge in [-0.25, -0.2) is 0 Å². The smallest absolute Gasteiger partial charge is 0.250 e. The minimum Gasteiger partial charge on any atom is -0.543 e. The summed E-state index contributed by atoms with van der Waals surface area (Å²) in [5.41, 5.74) is 1.84. The molecule has 1 aliphatic rings. The molecule has 1 unspecified atom stereocenters. The zero-order valence-corrected chi connectivity index (χ0v) is 14.9. The molecule has 0 heterocycles. The normalized spacial score (nSPS) is 18.8. The molecule has 0 aromatic heterocycles. The van der Waals surface area contributed by atoms with Crippen molar-refractivity contribution in [3.05, 3.63) is 29.3 Å². The Morgan fingerprint density at radius 2 is 1.95 bits per heavy atom. The second-order valence-corrected chi connectivity index (χ2v) is 11.9. The number of fused-ring (bicyclic) bond motifs is 1. The van der Waals surface area contributed by atoms with Gasteiger partial charge in [-0.05, 0) is 42.8 Å². The van der Waals surface area contributed by atoms with E-state index in [-0.39, 0.29) is 16.9 Å². The van der Waals surface area contributed by atoms with Crippen molar-refractivity contribution in [3.63, 3.8) is 0 Å². The van der Waals surface area contributed by atoms with E-state index >= 15 is 0 Å². The molecule has 4 heteroatoms. The van der Waals surface area contributed by atoms with Crippen LogP contribution in [0, 0.1) is 0 Å². The van der Waals surface area contributed by atoms with Crippen molar-refractivity contribution in [2.75, 3.05) is 6.61 Å². The van der Waals surface area contributed by atoms with Gasteiger partial charge in [-0.1, -0.05) is 26.8 Å². The highest BCUT2D eigenvalue weighted by atomic mass is 28.4. The van der Waals surface area contributed by atoms with Gasteiger partial charge in [0.1, 0.15) is 11.9 Å². The van der Waals surface area contributed by atoms with Crippen molar-refractivity contribution >= 4 is 14.1 Å². The Balaban J connectivity index is 2.23. The first-order chi connectivity index (χ1) is 9.65. The minimum atomic E-state index is -1.88. The Labute approximate surface area is 128 Å². The maximum absolute atomic E-state index is 12.3. The highest BCUT2D eigenvalue weighted by Crippen LogP contribution is 2.38. The Kier molecular flexibility index (Phi) is 4.31. The number of Topliss-reactive ketones (excluding diaryl/α,β-unsaturated/α-hetero) is 1. The lowest BCUT2D eigenvalue weighted by atomic mass is 10.1. The molecule has 0 N–H and O–H groups in total. The van der Waals surface area contributed by atoms with E-state index in [4.69, 9.17) is 9.16 Å². The molecule has 0 saturated heterocycles. The fourth-order valence-corrected chi connectivity index (χ4v) is 3.30. The largest absolute Gasteiger partial charge is 0.543 e. The summed E-state index contributed by atoms with van der Waals surface area (Å²) in [4.78, 5) is 12.3. The predicted molar refractivity (Wildman–Crippen MR) is 87.7 cm³/mol. The van der Waals surface area contributed by atoms with E-state index < -0.39 is 8.32 Å². The predicted octanol–water partition coefficient (Wildman–Crippen LogP) is 4.21. The van der Waals surface area contributed by atoms with Gasteiger partial charge in [0.25, 0.3) is 0 Å². The highest BCUT2D eigenvalue weighted by molar-refractivity contribution is 6.74. The number of ether oxygens (including phenoxy) is 1. The van der Waals surface area contributed by atoms with Crippen LogP contribution in [0.1, 0.15) is 43.6 Å². The molecular formula is C17H26O3Si. The number of ketones is 1. The number of hydrogen-bond donors (Lipinski definition) is 0. The molecule has 1 aromatic carbocycles. The summed E-state index contributed by atoms with van der Waals surface area (Å²) >= 11 is 0. The van der Waals surface area contributed by atoms with Crippen LogP contribution in [0.4, 0.5) is 0 Å². The van der Waals surface area contributed by atoms with E-state index in [0.717, 1.165) is 16.9 Å². The second-order valence-electron chi connectivity index (χ2n) is 7.19. The van der Waals surface area contributed by atoms with E-state index in [1.54, 1.807) is 0 Å². The van der Waals surface area contributed by atoms with Crippen LogP contribution in [-0.4, -0.2) is 26.8 Å². The van der Waals surface area contributed by atoms with Gasteiger partial charge in [0.2, 0.25) is 8.32 Å². The molecule has 0 spiro atoms. The van der Waals surface area contributed by atoms with E-state index in [0.29, 0.717) is 13.0 Å². The van der Waals surface area contributed by atoms with Crippen LogP contribution in [0.25, 0.3) is 0 Å². The summed E-state index contributed by atoms with van der Waals surface area (Å²) in [5.74, 6) is 0.901. The minimum absolute atomic E-state index is 0.0903. The van der Waals surface area contributed by atoms with Gasteiger partial charge in [0.05, 0.1) is 0 Å². The van der Waals surface area contributed by atoms with Crippen LogP contribution in [-0.2, 0) is 11.2 Å². The molecule has 0 fully saturated rings. The first-order valence-electron chi connectivity index (χ1n) is 7.63. The summed E-state index contributed by atoms with van der Waals surface area (Å²) in [5, 5.41) is 0.143. The summed E-state index contributed by atoms with van der Waals surface area (Å²) < 4.78 is 11.8. The fourth-order valence-electron chi connectivity index (χ4n) is 2.28. The average molecular weight is 306 g/mol. The fraction of sp³-hybridized carbons (Fsp3) is 0.588. The van der Waals surface area contributed by atoms with Gasteiger partial charge in [0, 0.05) is 18.6 Å². The van der Waals surface area contributed by atoms with Crippen molar-refractivity contribution in [2.45, 2.75) is 58.4 Å². The number of rotatable bonds is 4. The van der Waals surface area contributed by atoms with Crippen molar-refractivity contribution < 1.29 is 14.0 Å². The SMILES string of the molecule is CCOC1Cc2ccc(O[Si](C)(C)C(C)(C)C)cc2C1=O. The maximum Gasteiger partial charge on any atom is 0.250 e. The molecule has 3 nitrogen and oxygen atoms in total. The lowest BCUT2D eigenvalue weighted by Crippen LogP contribution is -2.43. The van der Waals surface area contributed by atoms with Crippen LogP contribution in [0.2, 0.25) is 18.1 Å². The van der Waals surface area contributed by atoms with Crippen LogP contribution in [0.5, 0.6) is 5.75 Å². The van der Waals surface area contributed by atoms with E-state index in [9.17, 15) is 4.79 Å². The topological polar surface area (TPSA) is 35.5 Å². The molecule has 0 saturated carbocycles. The third kappa shape index (κ3) is 3.21. The van der Waals surface area contributed by atoms with Crippen LogP contribution >= 0.6 is 0 Å². The molecule has 1 atom stereocenters. The lowest BCUT2D eigenvalue weighted by Gasteiger charge is -2.36. The van der Waals surface area contributed by atoms with E-state index in [2.05, 4.69) is 33.9 Å². The highest BCUT2D eigenvalue weighted by Gasteiger charge is 2.39. The van der Waals surface area contributed by atoms with Gasteiger partial charge in [-0.15, -0.1) is 0 Å². The molecule has 2 rings (SSSR count). The van der Waals surface area contributed by atoms with Crippen molar-refractivity contribution in [2.24, 2.45) is 0 Å². The summed E-state index contributed by atoms with van der Waals surface area (Å²) in [7, 11) is -1.88. The van der Waals surface area contributed by atoms with E-state index in [1.807, 2.05) is 25.1 Å². The van der Waals surface area contributed by atoms with Gasteiger partial charge < -0.3 is 9.16 Å². The molecule has 0 radical (unpaired) electrons. The first kappa shape index (κ1) is 16.2. The van der Waals surface area contributed by atoms with Crippen LogP contribution < -0.4 is 4.43 Å². The number of benzene rings is 1. The Morgan fingerprint density at radius 1 is 1.29 bits per heavy atom. The van der Waals surface area contributed by atoms with Crippen LogP contribution in [0.15, 0.2) is 18.2 Å². The summed E-state index contributed by atoms with van der Waals surface area (Å²) in [6.07, 6.45) is 0.371. The van der Waals surface area contributed by atoms with E-state index in [1.165, 1.54) is 0 Å². The van der Waals surface area contributed by atoms with Gasteiger partial charge in [-0.3, -0.25) is 4.79 Å². The molecule has 1 aromatic rings. The molecule has 0 amide bonds. The molecule has 1 aliphatic carbocycles. The first-order valence-corrected chi connectivity index (χ1v) is 10.5. The zero-order valence-electron chi connectivity index (χ0n) is 13.9. The van der Waals surface area contributed by atoms with Crippen molar-refractivity contribution in [1.29, 1.82) is 0 Å².